The first kappa shape index (κ1) is 21.0. The first-order valence-corrected chi connectivity index (χ1v) is 10.3. The van der Waals surface area contributed by atoms with Crippen molar-refractivity contribution < 1.29 is 14.3 Å². The van der Waals surface area contributed by atoms with Crippen molar-refractivity contribution in [1.82, 2.24) is 14.8 Å². The fourth-order valence-electron chi connectivity index (χ4n) is 2.76. The lowest BCUT2D eigenvalue weighted by Gasteiger charge is -2.13. The molecule has 1 aromatic heterocycles. The summed E-state index contributed by atoms with van der Waals surface area (Å²) in [4.78, 5) is 12.5. The van der Waals surface area contributed by atoms with Gasteiger partial charge >= 0.3 is 0 Å². The van der Waals surface area contributed by atoms with E-state index in [9.17, 15) is 4.79 Å². The van der Waals surface area contributed by atoms with Crippen LogP contribution in [0.5, 0.6) is 11.5 Å². The van der Waals surface area contributed by atoms with Crippen LogP contribution in [0.2, 0.25) is 5.02 Å². The predicted molar refractivity (Wildman–Crippen MR) is 115 cm³/mol. The Balaban J connectivity index is 1.71. The number of carbonyl (C=O) groups is 1. The smallest absolute Gasteiger partial charge is 0.234 e. The summed E-state index contributed by atoms with van der Waals surface area (Å²) < 4.78 is 12.5. The van der Waals surface area contributed by atoms with Crippen LogP contribution in [0.25, 0.3) is 11.4 Å². The van der Waals surface area contributed by atoms with Gasteiger partial charge in [-0.1, -0.05) is 53.7 Å². The Hall–Kier alpha value is -2.71. The fraction of sp³-hybridized carbons (Fsp3) is 0.250. The van der Waals surface area contributed by atoms with Crippen LogP contribution < -0.4 is 14.8 Å². The van der Waals surface area contributed by atoms with E-state index in [1.54, 1.807) is 12.1 Å². The van der Waals surface area contributed by atoms with E-state index in [-0.39, 0.29) is 11.7 Å². The molecule has 0 saturated carbocycles. The van der Waals surface area contributed by atoms with Crippen LogP contribution in [-0.4, -0.2) is 40.6 Å². The number of aromatic nitrogens is 3. The SMILES string of the molecule is CCn1c(SCC(=O)Nc2cc(OC)c(Cl)cc2OC)nnc1-c1ccccc1. The maximum Gasteiger partial charge on any atom is 0.234 e. The van der Waals surface area contributed by atoms with Crippen LogP contribution >= 0.6 is 23.4 Å². The molecule has 3 rings (SSSR count). The summed E-state index contributed by atoms with van der Waals surface area (Å²) in [6.45, 7) is 2.72. The minimum Gasteiger partial charge on any atom is -0.495 e. The Morgan fingerprint density at radius 1 is 1.14 bits per heavy atom. The summed E-state index contributed by atoms with van der Waals surface area (Å²) in [5, 5.41) is 12.5. The topological polar surface area (TPSA) is 78.3 Å². The summed E-state index contributed by atoms with van der Waals surface area (Å²) in [6, 6.07) is 13.1. The van der Waals surface area contributed by atoms with Gasteiger partial charge in [0.15, 0.2) is 11.0 Å². The summed E-state index contributed by atoms with van der Waals surface area (Å²) >= 11 is 7.42. The largest absolute Gasteiger partial charge is 0.495 e. The third kappa shape index (κ3) is 4.83. The van der Waals surface area contributed by atoms with E-state index >= 15 is 0 Å². The first-order valence-electron chi connectivity index (χ1n) is 8.90. The van der Waals surface area contributed by atoms with Gasteiger partial charge in [0, 0.05) is 24.2 Å². The molecule has 0 aliphatic carbocycles. The Bertz CT molecular complexity index is 995. The van der Waals surface area contributed by atoms with E-state index in [0.29, 0.717) is 33.9 Å². The van der Waals surface area contributed by atoms with Gasteiger partial charge in [0.25, 0.3) is 0 Å². The van der Waals surface area contributed by atoms with Crippen molar-refractivity contribution in [2.45, 2.75) is 18.6 Å². The number of hydrogen-bond acceptors (Lipinski definition) is 6. The second kappa shape index (κ2) is 9.67. The van der Waals surface area contributed by atoms with Gasteiger partial charge in [-0.2, -0.15) is 0 Å². The number of halogens is 1. The summed E-state index contributed by atoms with van der Waals surface area (Å²) in [7, 11) is 3.02. The maximum absolute atomic E-state index is 12.5. The molecule has 0 bridgehead atoms. The van der Waals surface area contributed by atoms with E-state index in [1.165, 1.54) is 26.0 Å². The maximum atomic E-state index is 12.5. The monoisotopic (exact) mass is 432 g/mol. The number of thioether (sulfide) groups is 1. The van der Waals surface area contributed by atoms with Gasteiger partial charge in [0.2, 0.25) is 5.91 Å². The molecule has 2 aromatic carbocycles. The predicted octanol–water partition coefficient (Wildman–Crippen LogP) is 4.37. The zero-order valence-corrected chi connectivity index (χ0v) is 17.9. The van der Waals surface area contributed by atoms with Gasteiger partial charge < -0.3 is 19.4 Å². The highest BCUT2D eigenvalue weighted by Crippen LogP contribution is 2.36. The molecule has 0 atom stereocenters. The number of methoxy groups -OCH3 is 2. The molecule has 1 N–H and O–H groups in total. The van der Waals surface area contributed by atoms with Crippen molar-refractivity contribution in [3.8, 4) is 22.9 Å². The van der Waals surface area contributed by atoms with Crippen molar-refractivity contribution in [3.05, 3.63) is 47.5 Å². The van der Waals surface area contributed by atoms with Gasteiger partial charge in [-0.15, -0.1) is 10.2 Å². The zero-order chi connectivity index (χ0) is 20.8. The van der Waals surface area contributed by atoms with Gasteiger partial charge in [-0.05, 0) is 6.92 Å². The van der Waals surface area contributed by atoms with Crippen molar-refractivity contribution in [2.75, 3.05) is 25.3 Å². The van der Waals surface area contributed by atoms with Gasteiger partial charge in [0.05, 0.1) is 30.7 Å². The van der Waals surface area contributed by atoms with E-state index in [0.717, 1.165) is 11.4 Å². The van der Waals surface area contributed by atoms with E-state index in [2.05, 4.69) is 15.5 Å². The Morgan fingerprint density at radius 3 is 2.52 bits per heavy atom. The molecule has 0 unspecified atom stereocenters. The number of nitrogens with one attached hydrogen (secondary N) is 1. The van der Waals surface area contributed by atoms with Crippen LogP contribution in [0, 0.1) is 0 Å². The average molecular weight is 433 g/mol. The van der Waals surface area contributed by atoms with Gasteiger partial charge in [-0.3, -0.25) is 4.79 Å². The Labute approximate surface area is 178 Å². The molecule has 1 heterocycles. The van der Waals surface area contributed by atoms with Crippen LogP contribution in [0.15, 0.2) is 47.6 Å². The number of hydrogen-bond donors (Lipinski definition) is 1. The number of anilines is 1. The lowest BCUT2D eigenvalue weighted by atomic mass is 10.2. The standard InChI is InChI=1S/C20H21ClN4O3S/c1-4-25-19(13-8-6-5-7-9-13)23-24-20(25)29-12-18(26)22-15-11-16(27-2)14(21)10-17(15)28-3/h5-11H,4,12H2,1-3H3,(H,22,26). The second-order valence-electron chi connectivity index (χ2n) is 5.94. The highest BCUT2D eigenvalue weighted by molar-refractivity contribution is 7.99. The van der Waals surface area contributed by atoms with Crippen molar-refractivity contribution in [1.29, 1.82) is 0 Å². The molecule has 9 heteroatoms. The van der Waals surface area contributed by atoms with Gasteiger partial charge in [0.1, 0.15) is 11.5 Å². The molecule has 3 aromatic rings. The van der Waals surface area contributed by atoms with Crippen LogP contribution in [0.4, 0.5) is 5.69 Å². The number of rotatable bonds is 8. The molecule has 0 saturated heterocycles. The van der Waals surface area contributed by atoms with E-state index in [1.807, 2.05) is 41.8 Å². The minimum absolute atomic E-state index is 0.168. The first-order chi connectivity index (χ1) is 14.1. The second-order valence-corrected chi connectivity index (χ2v) is 7.29. The van der Waals surface area contributed by atoms with Crippen LogP contribution in [0.1, 0.15) is 6.92 Å². The number of nitrogens with zero attached hydrogens (tertiary/aromatic N) is 3. The number of ether oxygens (including phenoxy) is 2. The lowest BCUT2D eigenvalue weighted by molar-refractivity contribution is -0.113. The Kier molecular flexibility index (Phi) is 7.00. The summed E-state index contributed by atoms with van der Waals surface area (Å²) in [6.07, 6.45) is 0. The van der Waals surface area contributed by atoms with Gasteiger partial charge in [-0.25, -0.2) is 0 Å². The zero-order valence-electron chi connectivity index (χ0n) is 16.3. The Morgan fingerprint density at radius 2 is 1.86 bits per heavy atom. The highest BCUT2D eigenvalue weighted by atomic mass is 35.5. The third-order valence-electron chi connectivity index (χ3n) is 4.15. The molecule has 29 heavy (non-hydrogen) atoms. The highest BCUT2D eigenvalue weighted by Gasteiger charge is 2.16. The molecular weight excluding hydrogens is 412 g/mol. The molecule has 0 radical (unpaired) electrons. The number of benzene rings is 2. The normalized spacial score (nSPS) is 10.6. The van der Waals surface area contributed by atoms with Crippen LogP contribution in [0.3, 0.4) is 0 Å². The molecule has 0 aliphatic heterocycles. The quantitative estimate of drug-likeness (QED) is 0.532. The molecular formula is C20H21ClN4O3S. The summed E-state index contributed by atoms with van der Waals surface area (Å²) in [5.41, 5.74) is 1.47. The van der Waals surface area contributed by atoms with Crippen molar-refractivity contribution in [3.63, 3.8) is 0 Å². The molecule has 0 aliphatic rings. The van der Waals surface area contributed by atoms with E-state index in [4.69, 9.17) is 21.1 Å². The number of amides is 1. The van der Waals surface area contributed by atoms with Crippen molar-refractivity contribution >= 4 is 35.0 Å². The van der Waals surface area contributed by atoms with Crippen molar-refractivity contribution in [2.24, 2.45) is 0 Å². The lowest BCUT2D eigenvalue weighted by Crippen LogP contribution is -2.15. The number of carbonyl (C=O) groups excluding carboxylic acids is 1. The average Bonchev–Trinajstić information content (AvgIpc) is 3.16. The molecule has 7 nitrogen and oxygen atoms in total. The summed E-state index contributed by atoms with van der Waals surface area (Å²) in [5.74, 6) is 1.65. The third-order valence-corrected chi connectivity index (χ3v) is 5.41. The molecule has 1 amide bonds. The molecule has 0 spiro atoms. The fourth-order valence-corrected chi connectivity index (χ4v) is 3.79. The van der Waals surface area contributed by atoms with E-state index < -0.39 is 0 Å². The van der Waals surface area contributed by atoms with Crippen LogP contribution in [-0.2, 0) is 11.3 Å². The molecule has 152 valence electrons. The minimum atomic E-state index is -0.204. The molecule has 0 fully saturated rings.